The summed E-state index contributed by atoms with van der Waals surface area (Å²) in [7, 11) is 1.26. The van der Waals surface area contributed by atoms with Gasteiger partial charge in [0.1, 0.15) is 0 Å². The topological polar surface area (TPSA) is 35.5 Å². The summed E-state index contributed by atoms with van der Waals surface area (Å²) in [5.74, 6) is 2.82. The fourth-order valence-electron chi connectivity index (χ4n) is 1.13. The van der Waals surface area contributed by atoms with E-state index in [1.807, 2.05) is 13.8 Å². The van der Waals surface area contributed by atoms with Crippen LogP contribution in [0.1, 0.15) is 27.2 Å². The van der Waals surface area contributed by atoms with Crippen LogP contribution in [0, 0.1) is 18.3 Å². The number of carbonyl (C=O) groups excluding carboxylic acids is 1. The van der Waals surface area contributed by atoms with E-state index in [1.165, 1.54) is 7.11 Å². The summed E-state index contributed by atoms with van der Waals surface area (Å²) in [5.41, 5.74) is -0.860. The molecular formula is C10H16O3. The number of ether oxygens (including phenoxy) is 2. The molecule has 0 spiro atoms. The van der Waals surface area contributed by atoms with Crippen molar-refractivity contribution in [1.29, 1.82) is 0 Å². The molecule has 0 heterocycles. The molecule has 3 heteroatoms. The first kappa shape index (κ1) is 11.8. The Morgan fingerprint density at radius 3 is 2.46 bits per heavy atom. The molecule has 0 aromatic rings. The van der Waals surface area contributed by atoms with Crippen molar-refractivity contribution in [2.45, 2.75) is 32.8 Å². The van der Waals surface area contributed by atoms with Crippen molar-refractivity contribution in [3.05, 3.63) is 0 Å². The van der Waals surface area contributed by atoms with Gasteiger partial charge in [0.2, 0.25) is 0 Å². The molecule has 0 aliphatic carbocycles. The van der Waals surface area contributed by atoms with Gasteiger partial charge in [-0.3, -0.25) is 0 Å². The zero-order valence-corrected chi connectivity index (χ0v) is 8.59. The van der Waals surface area contributed by atoms with Crippen molar-refractivity contribution in [2.24, 2.45) is 5.92 Å². The van der Waals surface area contributed by atoms with Crippen molar-refractivity contribution >= 4 is 6.16 Å². The van der Waals surface area contributed by atoms with Gasteiger partial charge in [-0.2, -0.15) is 0 Å². The molecule has 74 valence electrons. The molecule has 0 radical (unpaired) electrons. The quantitative estimate of drug-likeness (QED) is 0.498. The molecule has 3 nitrogen and oxygen atoms in total. The first-order chi connectivity index (χ1) is 5.93. The van der Waals surface area contributed by atoms with E-state index in [0.717, 1.165) is 0 Å². The Labute approximate surface area is 79.4 Å². The fraction of sp³-hybridized carbons (Fsp3) is 0.700. The summed E-state index contributed by atoms with van der Waals surface area (Å²) in [5, 5.41) is 0. The summed E-state index contributed by atoms with van der Waals surface area (Å²) < 4.78 is 9.32. The molecule has 0 fully saturated rings. The molecule has 0 saturated carbocycles. The second-order valence-electron chi connectivity index (χ2n) is 3.53. The molecule has 0 rings (SSSR count). The SMILES string of the molecule is C#CC(C)(CC(C)C)OC(=O)OC. The molecule has 0 aromatic heterocycles. The van der Waals surface area contributed by atoms with Crippen molar-refractivity contribution in [2.75, 3.05) is 7.11 Å². The number of hydrogen-bond acceptors (Lipinski definition) is 3. The van der Waals surface area contributed by atoms with Crippen LogP contribution in [0.5, 0.6) is 0 Å². The number of rotatable bonds is 3. The Morgan fingerprint density at radius 2 is 2.15 bits per heavy atom. The maximum atomic E-state index is 10.8. The van der Waals surface area contributed by atoms with Gasteiger partial charge in [-0.05, 0) is 12.8 Å². The highest BCUT2D eigenvalue weighted by Gasteiger charge is 2.27. The standard InChI is InChI=1S/C10H16O3/c1-6-10(4,7-8(2)3)13-9(11)12-5/h1,8H,7H2,2-5H3. The maximum absolute atomic E-state index is 10.8. The average molecular weight is 184 g/mol. The van der Waals surface area contributed by atoms with E-state index in [-0.39, 0.29) is 0 Å². The van der Waals surface area contributed by atoms with Crippen LogP contribution in [-0.4, -0.2) is 18.9 Å². The lowest BCUT2D eigenvalue weighted by molar-refractivity contribution is 0.00434. The van der Waals surface area contributed by atoms with Gasteiger partial charge in [0.05, 0.1) is 7.11 Å². The molecule has 0 saturated heterocycles. The summed E-state index contributed by atoms with van der Waals surface area (Å²) in [6.07, 6.45) is 5.16. The molecular weight excluding hydrogens is 168 g/mol. The summed E-state index contributed by atoms with van der Waals surface area (Å²) >= 11 is 0. The maximum Gasteiger partial charge on any atom is 0.509 e. The van der Waals surface area contributed by atoms with Gasteiger partial charge in [0, 0.05) is 6.42 Å². The van der Waals surface area contributed by atoms with E-state index in [2.05, 4.69) is 10.7 Å². The van der Waals surface area contributed by atoms with Crippen LogP contribution in [0.3, 0.4) is 0 Å². The van der Waals surface area contributed by atoms with Crippen molar-refractivity contribution in [1.82, 2.24) is 0 Å². The summed E-state index contributed by atoms with van der Waals surface area (Å²) in [6, 6.07) is 0. The summed E-state index contributed by atoms with van der Waals surface area (Å²) in [6.45, 7) is 5.72. The molecule has 0 aliphatic heterocycles. The van der Waals surface area contributed by atoms with Crippen LogP contribution >= 0.6 is 0 Å². The number of terminal acetylenes is 1. The summed E-state index contributed by atoms with van der Waals surface area (Å²) in [4.78, 5) is 10.8. The van der Waals surface area contributed by atoms with E-state index in [4.69, 9.17) is 11.2 Å². The third-order valence-corrected chi connectivity index (χ3v) is 1.58. The predicted octanol–water partition coefficient (Wildman–Crippen LogP) is 2.21. The number of carbonyl (C=O) groups is 1. The van der Waals surface area contributed by atoms with Gasteiger partial charge < -0.3 is 9.47 Å². The van der Waals surface area contributed by atoms with Crippen molar-refractivity contribution < 1.29 is 14.3 Å². The van der Waals surface area contributed by atoms with E-state index in [1.54, 1.807) is 6.92 Å². The lowest BCUT2D eigenvalue weighted by Crippen LogP contribution is -2.31. The van der Waals surface area contributed by atoms with Gasteiger partial charge in [-0.15, -0.1) is 6.42 Å². The van der Waals surface area contributed by atoms with Gasteiger partial charge in [0.15, 0.2) is 5.60 Å². The minimum absolute atomic E-state index is 0.366. The lowest BCUT2D eigenvalue weighted by atomic mass is 9.95. The highest BCUT2D eigenvalue weighted by molar-refractivity contribution is 5.60. The molecule has 0 aromatic carbocycles. The molecule has 0 N–H and O–H groups in total. The first-order valence-electron chi connectivity index (χ1n) is 4.18. The van der Waals surface area contributed by atoms with Crippen LogP contribution < -0.4 is 0 Å². The number of hydrogen-bond donors (Lipinski definition) is 0. The third kappa shape index (κ3) is 4.41. The van der Waals surface area contributed by atoms with Crippen LogP contribution in [0.2, 0.25) is 0 Å². The largest absolute Gasteiger partial charge is 0.509 e. The molecule has 0 bridgehead atoms. The van der Waals surface area contributed by atoms with Gasteiger partial charge in [-0.25, -0.2) is 4.79 Å². The van der Waals surface area contributed by atoms with Crippen LogP contribution in [-0.2, 0) is 9.47 Å². The van der Waals surface area contributed by atoms with Gasteiger partial charge >= 0.3 is 6.16 Å². The highest BCUT2D eigenvalue weighted by atomic mass is 16.7. The Hall–Kier alpha value is -1.17. The zero-order valence-electron chi connectivity index (χ0n) is 8.59. The van der Waals surface area contributed by atoms with Gasteiger partial charge in [-0.1, -0.05) is 19.8 Å². The average Bonchev–Trinajstić information content (AvgIpc) is 2.02. The zero-order chi connectivity index (χ0) is 10.5. The normalized spacial score (nSPS) is 14.5. The van der Waals surface area contributed by atoms with Crippen LogP contribution in [0.25, 0.3) is 0 Å². The molecule has 1 atom stereocenters. The lowest BCUT2D eigenvalue weighted by Gasteiger charge is -2.24. The fourth-order valence-corrected chi connectivity index (χ4v) is 1.13. The Bertz CT molecular complexity index is 215. The Morgan fingerprint density at radius 1 is 1.62 bits per heavy atom. The molecule has 1 unspecified atom stereocenters. The van der Waals surface area contributed by atoms with E-state index >= 15 is 0 Å². The second-order valence-corrected chi connectivity index (χ2v) is 3.53. The minimum atomic E-state index is -0.860. The van der Waals surface area contributed by atoms with Crippen LogP contribution in [0.4, 0.5) is 4.79 Å². The monoisotopic (exact) mass is 184 g/mol. The highest BCUT2D eigenvalue weighted by Crippen LogP contribution is 2.20. The molecule has 0 aliphatic rings. The van der Waals surface area contributed by atoms with E-state index < -0.39 is 11.8 Å². The predicted molar refractivity (Wildman–Crippen MR) is 50.2 cm³/mol. The Balaban J connectivity index is 4.30. The van der Waals surface area contributed by atoms with E-state index in [9.17, 15) is 4.79 Å². The van der Waals surface area contributed by atoms with Crippen molar-refractivity contribution in [3.63, 3.8) is 0 Å². The first-order valence-corrected chi connectivity index (χ1v) is 4.18. The third-order valence-electron chi connectivity index (χ3n) is 1.58. The van der Waals surface area contributed by atoms with Crippen molar-refractivity contribution in [3.8, 4) is 12.3 Å². The smallest absolute Gasteiger partial charge is 0.438 e. The Kier molecular flexibility index (Phi) is 4.33. The van der Waals surface area contributed by atoms with Gasteiger partial charge in [0.25, 0.3) is 0 Å². The van der Waals surface area contributed by atoms with E-state index in [0.29, 0.717) is 12.3 Å². The molecule has 13 heavy (non-hydrogen) atoms. The number of methoxy groups -OCH3 is 1. The second kappa shape index (κ2) is 4.76. The molecule has 0 amide bonds. The minimum Gasteiger partial charge on any atom is -0.438 e. The van der Waals surface area contributed by atoms with Crippen LogP contribution in [0.15, 0.2) is 0 Å².